The highest BCUT2D eigenvalue weighted by Crippen LogP contribution is 2.27. The van der Waals surface area contributed by atoms with E-state index in [1.165, 1.54) is 30.0 Å². The Bertz CT molecular complexity index is 630. The number of rotatable bonds is 3. The van der Waals surface area contributed by atoms with Gasteiger partial charge in [-0.1, -0.05) is 12.1 Å². The van der Waals surface area contributed by atoms with Crippen LogP contribution in [0.3, 0.4) is 0 Å². The van der Waals surface area contributed by atoms with Gasteiger partial charge in [-0.15, -0.1) is 11.8 Å². The van der Waals surface area contributed by atoms with Crippen molar-refractivity contribution in [1.29, 1.82) is 5.26 Å². The molecule has 0 amide bonds. The zero-order valence-electron chi connectivity index (χ0n) is 9.86. The number of nitrogens with zero attached hydrogens (tertiary/aromatic N) is 1. The Morgan fingerprint density at radius 2 is 2.00 bits per heavy atom. The smallest absolute Gasteiger partial charge is 0.144 e. The van der Waals surface area contributed by atoms with E-state index in [1.807, 2.05) is 0 Å². The summed E-state index contributed by atoms with van der Waals surface area (Å²) in [4.78, 5) is 0.624. The molecular weight excluding hydrogens is 266 g/mol. The summed E-state index contributed by atoms with van der Waals surface area (Å²) in [6.45, 7) is 0. The van der Waals surface area contributed by atoms with Crippen molar-refractivity contribution in [1.82, 2.24) is 0 Å². The van der Waals surface area contributed by atoms with E-state index in [0.29, 0.717) is 21.9 Å². The first-order chi connectivity index (χ1) is 9.10. The van der Waals surface area contributed by atoms with Crippen LogP contribution < -0.4 is 5.73 Å². The van der Waals surface area contributed by atoms with Crippen molar-refractivity contribution >= 4 is 17.4 Å². The van der Waals surface area contributed by atoms with Gasteiger partial charge in [-0.25, -0.2) is 8.78 Å². The monoisotopic (exact) mass is 276 g/mol. The largest absolute Gasteiger partial charge is 0.399 e. The summed E-state index contributed by atoms with van der Waals surface area (Å²) in [5.41, 5.74) is 6.28. The quantitative estimate of drug-likeness (QED) is 0.686. The number of hydrogen-bond donors (Lipinski definition) is 1. The predicted octanol–water partition coefficient (Wildman–Crippen LogP) is 3.71. The normalized spacial score (nSPS) is 10.2. The Balaban J connectivity index is 2.17. The van der Waals surface area contributed by atoms with E-state index in [0.717, 1.165) is 0 Å². The molecular formula is C14H10F2N2S. The Morgan fingerprint density at radius 1 is 1.21 bits per heavy atom. The highest BCUT2D eigenvalue weighted by molar-refractivity contribution is 7.98. The molecule has 2 aromatic rings. The van der Waals surface area contributed by atoms with Crippen LogP contribution >= 0.6 is 11.8 Å². The standard InChI is InChI=1S/C14H10F2N2S/c15-11-4-12(18)6-13(5-11)19-8-10-3-1-2-9(7-17)14(10)16/h1-6H,8,18H2. The van der Waals surface area contributed by atoms with Gasteiger partial charge in [-0.3, -0.25) is 0 Å². The molecule has 96 valence electrons. The van der Waals surface area contributed by atoms with Gasteiger partial charge >= 0.3 is 0 Å². The van der Waals surface area contributed by atoms with Crippen LogP contribution in [0.15, 0.2) is 41.3 Å². The van der Waals surface area contributed by atoms with E-state index < -0.39 is 11.6 Å². The van der Waals surface area contributed by atoms with Gasteiger partial charge in [0.1, 0.15) is 17.7 Å². The molecule has 0 saturated carbocycles. The summed E-state index contributed by atoms with van der Waals surface area (Å²) >= 11 is 1.27. The highest BCUT2D eigenvalue weighted by atomic mass is 32.2. The fraction of sp³-hybridized carbons (Fsp3) is 0.0714. The number of hydrogen-bond acceptors (Lipinski definition) is 3. The van der Waals surface area contributed by atoms with Gasteiger partial charge in [-0.05, 0) is 29.8 Å². The van der Waals surface area contributed by atoms with Crippen LogP contribution in [0.4, 0.5) is 14.5 Å². The number of nitrogens with two attached hydrogens (primary N) is 1. The third-order valence-corrected chi connectivity index (χ3v) is 3.51. The van der Waals surface area contributed by atoms with Crippen molar-refractivity contribution in [3.63, 3.8) is 0 Å². The molecule has 0 atom stereocenters. The van der Waals surface area contributed by atoms with E-state index in [9.17, 15) is 8.78 Å². The van der Waals surface area contributed by atoms with Crippen LogP contribution in [0.5, 0.6) is 0 Å². The zero-order valence-corrected chi connectivity index (χ0v) is 10.7. The minimum atomic E-state index is -0.526. The molecule has 0 aliphatic rings. The summed E-state index contributed by atoms with van der Waals surface area (Å²) in [6.07, 6.45) is 0. The topological polar surface area (TPSA) is 49.8 Å². The summed E-state index contributed by atoms with van der Waals surface area (Å²) in [5, 5.41) is 8.74. The summed E-state index contributed by atoms with van der Waals surface area (Å²) in [7, 11) is 0. The minimum Gasteiger partial charge on any atom is -0.399 e. The van der Waals surface area contributed by atoms with Crippen molar-refractivity contribution in [2.24, 2.45) is 0 Å². The Morgan fingerprint density at radius 3 is 2.68 bits per heavy atom. The van der Waals surface area contributed by atoms with Crippen LogP contribution in [0.25, 0.3) is 0 Å². The van der Waals surface area contributed by atoms with Crippen LogP contribution in [0, 0.1) is 23.0 Å². The van der Waals surface area contributed by atoms with Crippen molar-refractivity contribution in [3.05, 3.63) is 59.2 Å². The van der Waals surface area contributed by atoms with Crippen molar-refractivity contribution in [2.75, 3.05) is 5.73 Å². The first-order valence-electron chi connectivity index (χ1n) is 5.46. The number of anilines is 1. The van der Waals surface area contributed by atoms with Gasteiger partial charge in [0.2, 0.25) is 0 Å². The van der Waals surface area contributed by atoms with E-state index >= 15 is 0 Å². The van der Waals surface area contributed by atoms with Gasteiger partial charge in [0, 0.05) is 16.3 Å². The van der Waals surface area contributed by atoms with Crippen LogP contribution in [0.2, 0.25) is 0 Å². The number of thioether (sulfide) groups is 1. The molecule has 2 aromatic carbocycles. The molecule has 0 fully saturated rings. The molecule has 19 heavy (non-hydrogen) atoms. The molecule has 0 radical (unpaired) electrons. The number of halogens is 2. The number of nitriles is 1. The zero-order chi connectivity index (χ0) is 13.8. The first kappa shape index (κ1) is 13.4. The van der Waals surface area contributed by atoms with Gasteiger partial charge in [0.15, 0.2) is 0 Å². The third-order valence-electron chi connectivity index (χ3n) is 2.49. The molecule has 5 heteroatoms. The fourth-order valence-electron chi connectivity index (χ4n) is 1.61. The van der Waals surface area contributed by atoms with Crippen molar-refractivity contribution < 1.29 is 8.78 Å². The van der Waals surface area contributed by atoms with E-state index in [1.54, 1.807) is 24.3 Å². The molecule has 0 unspecified atom stereocenters. The van der Waals surface area contributed by atoms with Gasteiger partial charge < -0.3 is 5.73 Å². The summed E-state index contributed by atoms with van der Waals surface area (Å²) in [6, 6.07) is 10.6. The minimum absolute atomic E-state index is 0.0110. The predicted molar refractivity (Wildman–Crippen MR) is 71.5 cm³/mol. The molecule has 2 nitrogen and oxygen atoms in total. The van der Waals surface area contributed by atoms with Crippen molar-refractivity contribution in [3.8, 4) is 6.07 Å². The molecule has 0 bridgehead atoms. The average Bonchev–Trinajstić information content (AvgIpc) is 2.36. The summed E-state index contributed by atoms with van der Waals surface area (Å²) < 4.78 is 26.9. The lowest BCUT2D eigenvalue weighted by atomic mass is 10.1. The lowest BCUT2D eigenvalue weighted by molar-refractivity contribution is 0.613. The van der Waals surface area contributed by atoms with Crippen LogP contribution in [-0.4, -0.2) is 0 Å². The fourth-order valence-corrected chi connectivity index (χ4v) is 2.57. The maximum atomic E-state index is 13.8. The lowest BCUT2D eigenvalue weighted by Crippen LogP contribution is -1.92. The molecule has 0 saturated heterocycles. The molecule has 0 spiro atoms. The molecule has 0 aliphatic heterocycles. The van der Waals surface area contributed by atoms with Crippen molar-refractivity contribution in [2.45, 2.75) is 10.6 Å². The van der Waals surface area contributed by atoms with Crippen LogP contribution in [-0.2, 0) is 5.75 Å². The molecule has 0 aliphatic carbocycles. The van der Waals surface area contributed by atoms with Gasteiger partial charge in [0.05, 0.1) is 5.56 Å². The highest BCUT2D eigenvalue weighted by Gasteiger charge is 2.08. The second-order valence-electron chi connectivity index (χ2n) is 3.90. The molecule has 2 rings (SSSR count). The second-order valence-corrected chi connectivity index (χ2v) is 4.95. The lowest BCUT2D eigenvalue weighted by Gasteiger charge is -2.05. The molecule has 0 heterocycles. The first-order valence-corrected chi connectivity index (χ1v) is 6.45. The maximum Gasteiger partial charge on any atom is 0.144 e. The third kappa shape index (κ3) is 3.24. The summed E-state index contributed by atoms with van der Waals surface area (Å²) in [5.74, 6) is -0.639. The van der Waals surface area contributed by atoms with E-state index in [2.05, 4.69) is 0 Å². The Kier molecular flexibility index (Phi) is 4.03. The molecule has 2 N–H and O–H groups in total. The second kappa shape index (κ2) is 5.72. The van der Waals surface area contributed by atoms with E-state index in [-0.39, 0.29) is 5.56 Å². The average molecular weight is 276 g/mol. The Labute approximate surface area is 113 Å². The molecule has 0 aromatic heterocycles. The maximum absolute atomic E-state index is 13.8. The van der Waals surface area contributed by atoms with Crippen LogP contribution in [0.1, 0.15) is 11.1 Å². The number of nitrogen functional groups attached to an aromatic ring is 1. The number of benzene rings is 2. The van der Waals surface area contributed by atoms with E-state index in [4.69, 9.17) is 11.0 Å². The SMILES string of the molecule is N#Cc1cccc(CSc2cc(N)cc(F)c2)c1F. The Hall–Kier alpha value is -2.06. The van der Waals surface area contributed by atoms with Gasteiger partial charge in [0.25, 0.3) is 0 Å². The van der Waals surface area contributed by atoms with Gasteiger partial charge in [-0.2, -0.15) is 5.26 Å².